The van der Waals surface area contributed by atoms with Gasteiger partial charge in [0.25, 0.3) is 0 Å². The minimum atomic E-state index is 0.202. The molecule has 2 fully saturated rings. The molecule has 2 saturated carbocycles. The summed E-state index contributed by atoms with van der Waals surface area (Å²) in [7, 11) is 0. The van der Waals surface area contributed by atoms with Gasteiger partial charge in [-0.15, -0.1) is 0 Å². The van der Waals surface area contributed by atoms with Crippen molar-refractivity contribution in [2.75, 3.05) is 0 Å². The quantitative estimate of drug-likeness (QED) is 0.626. The second kappa shape index (κ2) is 3.05. The molecular weight excluding hydrogens is 152 g/mol. The summed E-state index contributed by atoms with van der Waals surface area (Å²) in [6.07, 6.45) is 5.45. The number of hydrogen-bond donors (Lipinski definition) is 2. The van der Waals surface area contributed by atoms with Crippen LogP contribution < -0.4 is 11.1 Å². The van der Waals surface area contributed by atoms with E-state index < -0.39 is 0 Å². The molecule has 3 nitrogen and oxygen atoms in total. The van der Waals surface area contributed by atoms with Crippen molar-refractivity contribution < 1.29 is 4.79 Å². The van der Waals surface area contributed by atoms with E-state index in [1.165, 1.54) is 0 Å². The van der Waals surface area contributed by atoms with Gasteiger partial charge in [0.05, 0.1) is 0 Å². The molecular formula is C9H16N2O. The lowest BCUT2D eigenvalue weighted by Gasteiger charge is -2.16. The molecule has 2 aliphatic carbocycles. The largest absolute Gasteiger partial charge is 0.352 e. The molecule has 0 aromatic rings. The lowest BCUT2D eigenvalue weighted by Crippen LogP contribution is -2.44. The van der Waals surface area contributed by atoms with Gasteiger partial charge in [-0.25, -0.2) is 0 Å². The first-order valence-electron chi connectivity index (χ1n) is 4.83. The first-order valence-corrected chi connectivity index (χ1v) is 4.83. The van der Waals surface area contributed by atoms with E-state index in [4.69, 9.17) is 5.73 Å². The van der Waals surface area contributed by atoms with Crippen molar-refractivity contribution in [1.82, 2.24) is 5.32 Å². The van der Waals surface area contributed by atoms with Crippen molar-refractivity contribution >= 4 is 5.91 Å². The molecule has 12 heavy (non-hydrogen) atoms. The van der Waals surface area contributed by atoms with E-state index in [2.05, 4.69) is 5.32 Å². The van der Waals surface area contributed by atoms with Gasteiger partial charge in [0.2, 0.25) is 5.91 Å². The molecule has 0 aromatic carbocycles. The number of rotatable bonds is 2. The van der Waals surface area contributed by atoms with Crippen molar-refractivity contribution in [2.45, 2.75) is 44.2 Å². The van der Waals surface area contributed by atoms with Gasteiger partial charge in [-0.3, -0.25) is 4.79 Å². The first-order chi connectivity index (χ1) is 5.77. The van der Waals surface area contributed by atoms with Crippen molar-refractivity contribution in [3.63, 3.8) is 0 Å². The van der Waals surface area contributed by atoms with E-state index in [0.717, 1.165) is 32.1 Å². The average Bonchev–Trinajstić information content (AvgIpc) is 2.80. The van der Waals surface area contributed by atoms with Crippen LogP contribution in [0.2, 0.25) is 0 Å². The van der Waals surface area contributed by atoms with Crippen LogP contribution in [0, 0.1) is 5.92 Å². The summed E-state index contributed by atoms with van der Waals surface area (Å²) in [5.41, 5.74) is 5.83. The Hall–Kier alpha value is -0.570. The number of nitrogens with two attached hydrogens (primary N) is 1. The van der Waals surface area contributed by atoms with Gasteiger partial charge in [-0.1, -0.05) is 0 Å². The summed E-state index contributed by atoms with van der Waals surface area (Å²) >= 11 is 0. The second-order valence-corrected chi connectivity index (χ2v) is 3.98. The minimum Gasteiger partial charge on any atom is -0.352 e. The molecule has 2 rings (SSSR count). The van der Waals surface area contributed by atoms with Gasteiger partial charge in [0.15, 0.2) is 0 Å². The van der Waals surface area contributed by atoms with Crippen molar-refractivity contribution in [3.8, 4) is 0 Å². The Morgan fingerprint density at radius 2 is 2.00 bits per heavy atom. The molecule has 2 unspecified atom stereocenters. The van der Waals surface area contributed by atoms with Crippen LogP contribution in [0.25, 0.3) is 0 Å². The molecule has 0 bridgehead atoms. The van der Waals surface area contributed by atoms with E-state index in [-0.39, 0.29) is 18.0 Å². The Morgan fingerprint density at radius 1 is 1.25 bits per heavy atom. The zero-order valence-corrected chi connectivity index (χ0v) is 7.25. The molecule has 0 aliphatic heterocycles. The molecule has 2 aliphatic rings. The van der Waals surface area contributed by atoms with Crippen LogP contribution in [0.1, 0.15) is 32.1 Å². The summed E-state index contributed by atoms with van der Waals surface area (Å²) in [6, 6.07) is 0.464. The summed E-state index contributed by atoms with van der Waals surface area (Å²) < 4.78 is 0. The fraction of sp³-hybridized carbons (Fsp3) is 0.889. The number of amides is 1. The SMILES string of the molecule is NC1CCCC1NC(=O)C1CC1. The van der Waals surface area contributed by atoms with Crippen LogP contribution in [0.3, 0.4) is 0 Å². The molecule has 0 radical (unpaired) electrons. The maximum atomic E-state index is 11.3. The molecule has 0 saturated heterocycles. The maximum absolute atomic E-state index is 11.3. The van der Waals surface area contributed by atoms with Crippen LogP contribution in [-0.2, 0) is 4.79 Å². The highest BCUT2D eigenvalue weighted by Gasteiger charge is 2.33. The number of carbonyl (C=O) groups excluding carboxylic acids is 1. The van der Waals surface area contributed by atoms with Crippen LogP contribution in [0.15, 0.2) is 0 Å². The van der Waals surface area contributed by atoms with Crippen molar-refractivity contribution in [3.05, 3.63) is 0 Å². The van der Waals surface area contributed by atoms with Gasteiger partial charge in [-0.05, 0) is 32.1 Å². The predicted molar refractivity (Wildman–Crippen MR) is 46.5 cm³/mol. The van der Waals surface area contributed by atoms with Crippen LogP contribution >= 0.6 is 0 Å². The number of hydrogen-bond acceptors (Lipinski definition) is 2. The molecule has 0 heterocycles. The van der Waals surface area contributed by atoms with E-state index in [0.29, 0.717) is 5.92 Å². The molecule has 1 amide bonds. The van der Waals surface area contributed by atoms with Crippen LogP contribution in [0.5, 0.6) is 0 Å². The second-order valence-electron chi connectivity index (χ2n) is 3.98. The summed E-state index contributed by atoms with van der Waals surface area (Å²) in [5, 5.41) is 3.03. The standard InChI is InChI=1S/C9H16N2O/c10-7-2-1-3-8(7)11-9(12)6-4-5-6/h6-8H,1-5,10H2,(H,11,12). The zero-order chi connectivity index (χ0) is 8.55. The average molecular weight is 168 g/mol. The number of nitrogens with one attached hydrogen (secondary N) is 1. The van der Waals surface area contributed by atoms with Gasteiger partial charge >= 0.3 is 0 Å². The fourth-order valence-electron chi connectivity index (χ4n) is 1.81. The Morgan fingerprint density at radius 3 is 2.50 bits per heavy atom. The van der Waals surface area contributed by atoms with Gasteiger partial charge in [-0.2, -0.15) is 0 Å². The van der Waals surface area contributed by atoms with E-state index in [1.54, 1.807) is 0 Å². The molecule has 3 N–H and O–H groups in total. The maximum Gasteiger partial charge on any atom is 0.223 e. The Balaban J connectivity index is 1.80. The smallest absolute Gasteiger partial charge is 0.223 e. The lowest BCUT2D eigenvalue weighted by atomic mass is 10.2. The van der Waals surface area contributed by atoms with Crippen molar-refractivity contribution in [1.29, 1.82) is 0 Å². The zero-order valence-electron chi connectivity index (χ0n) is 7.25. The van der Waals surface area contributed by atoms with Crippen LogP contribution in [0.4, 0.5) is 0 Å². The molecule has 0 spiro atoms. The monoisotopic (exact) mass is 168 g/mol. The van der Waals surface area contributed by atoms with E-state index in [1.807, 2.05) is 0 Å². The molecule has 3 heteroatoms. The van der Waals surface area contributed by atoms with Crippen molar-refractivity contribution in [2.24, 2.45) is 11.7 Å². The van der Waals surface area contributed by atoms with Gasteiger partial charge in [0, 0.05) is 18.0 Å². The third kappa shape index (κ3) is 1.61. The predicted octanol–water partition coefficient (Wildman–Crippen LogP) is 0.392. The summed E-state index contributed by atoms with van der Waals surface area (Å²) in [5.74, 6) is 0.551. The molecule has 68 valence electrons. The summed E-state index contributed by atoms with van der Waals surface area (Å²) in [6.45, 7) is 0. The fourth-order valence-corrected chi connectivity index (χ4v) is 1.81. The lowest BCUT2D eigenvalue weighted by molar-refractivity contribution is -0.123. The Bertz CT molecular complexity index is 189. The van der Waals surface area contributed by atoms with E-state index >= 15 is 0 Å². The highest BCUT2D eigenvalue weighted by Crippen LogP contribution is 2.29. The van der Waals surface area contributed by atoms with Gasteiger partial charge < -0.3 is 11.1 Å². The minimum absolute atomic E-state index is 0.202. The Kier molecular flexibility index (Phi) is 2.05. The topological polar surface area (TPSA) is 55.1 Å². The normalized spacial score (nSPS) is 35.1. The third-order valence-electron chi connectivity index (χ3n) is 2.85. The Labute approximate surface area is 72.7 Å². The number of carbonyl (C=O) groups is 1. The molecule has 2 atom stereocenters. The first kappa shape index (κ1) is 8.05. The molecule has 0 aromatic heterocycles. The van der Waals surface area contributed by atoms with Crippen LogP contribution in [-0.4, -0.2) is 18.0 Å². The summed E-state index contributed by atoms with van der Waals surface area (Å²) in [4.78, 5) is 11.3. The highest BCUT2D eigenvalue weighted by molar-refractivity contribution is 5.81. The third-order valence-corrected chi connectivity index (χ3v) is 2.85. The van der Waals surface area contributed by atoms with E-state index in [9.17, 15) is 4.79 Å². The highest BCUT2D eigenvalue weighted by atomic mass is 16.2. The van der Waals surface area contributed by atoms with Gasteiger partial charge in [0.1, 0.15) is 0 Å².